The SMILES string of the molecule is Cn1ccsc1=NS(=O)(=O)c1ccc(C(C)(C)C)cc1. The molecule has 0 saturated carbocycles. The molecule has 4 nitrogen and oxygen atoms in total. The molecule has 0 bridgehead atoms. The first-order valence-electron chi connectivity index (χ1n) is 6.22. The Morgan fingerprint density at radius 1 is 1.15 bits per heavy atom. The maximum Gasteiger partial charge on any atom is 0.285 e. The van der Waals surface area contributed by atoms with Gasteiger partial charge < -0.3 is 4.57 Å². The van der Waals surface area contributed by atoms with Crippen LogP contribution in [0.3, 0.4) is 0 Å². The van der Waals surface area contributed by atoms with E-state index in [1.54, 1.807) is 35.3 Å². The van der Waals surface area contributed by atoms with Crippen molar-refractivity contribution in [1.29, 1.82) is 0 Å². The molecule has 0 saturated heterocycles. The van der Waals surface area contributed by atoms with Gasteiger partial charge in [0.25, 0.3) is 10.0 Å². The van der Waals surface area contributed by atoms with Gasteiger partial charge in [-0.1, -0.05) is 32.9 Å². The summed E-state index contributed by atoms with van der Waals surface area (Å²) < 4.78 is 30.0. The first-order valence-corrected chi connectivity index (χ1v) is 8.54. The van der Waals surface area contributed by atoms with Crippen molar-refractivity contribution in [1.82, 2.24) is 4.57 Å². The second-order valence-electron chi connectivity index (χ2n) is 5.64. The fraction of sp³-hybridized carbons (Fsp3) is 0.357. The van der Waals surface area contributed by atoms with E-state index < -0.39 is 10.0 Å². The second kappa shape index (κ2) is 5.18. The number of hydrogen-bond acceptors (Lipinski definition) is 3. The molecule has 2 aromatic rings. The minimum Gasteiger partial charge on any atom is -0.326 e. The molecule has 1 aromatic heterocycles. The van der Waals surface area contributed by atoms with Crippen LogP contribution in [-0.2, 0) is 22.5 Å². The highest BCUT2D eigenvalue weighted by atomic mass is 32.2. The van der Waals surface area contributed by atoms with Crippen molar-refractivity contribution >= 4 is 21.4 Å². The number of rotatable bonds is 2. The molecular weight excluding hydrogens is 292 g/mol. The Bertz CT molecular complexity index is 760. The van der Waals surface area contributed by atoms with E-state index in [4.69, 9.17) is 0 Å². The second-order valence-corrected chi connectivity index (χ2v) is 8.11. The molecule has 2 rings (SSSR count). The van der Waals surface area contributed by atoms with E-state index in [-0.39, 0.29) is 10.3 Å². The Kier molecular flexibility index (Phi) is 3.88. The van der Waals surface area contributed by atoms with Gasteiger partial charge in [-0.25, -0.2) is 0 Å². The predicted molar refractivity (Wildman–Crippen MR) is 81.2 cm³/mol. The van der Waals surface area contributed by atoms with Crippen LogP contribution in [0, 0.1) is 0 Å². The molecule has 0 atom stereocenters. The summed E-state index contributed by atoms with van der Waals surface area (Å²) in [6.45, 7) is 6.27. The van der Waals surface area contributed by atoms with Gasteiger partial charge >= 0.3 is 0 Å². The van der Waals surface area contributed by atoms with Gasteiger partial charge in [-0.15, -0.1) is 15.7 Å². The largest absolute Gasteiger partial charge is 0.326 e. The van der Waals surface area contributed by atoms with Crippen molar-refractivity contribution in [2.45, 2.75) is 31.1 Å². The minimum absolute atomic E-state index is 0.000370. The molecule has 0 aliphatic rings. The first-order chi connectivity index (χ1) is 9.20. The van der Waals surface area contributed by atoms with Crippen molar-refractivity contribution in [3.63, 3.8) is 0 Å². The van der Waals surface area contributed by atoms with Crippen molar-refractivity contribution in [2.75, 3.05) is 0 Å². The van der Waals surface area contributed by atoms with Gasteiger partial charge in [0.15, 0.2) is 0 Å². The summed E-state index contributed by atoms with van der Waals surface area (Å²) in [5, 5.41) is 1.80. The van der Waals surface area contributed by atoms with Crippen LogP contribution in [0.4, 0.5) is 0 Å². The standard InChI is InChI=1S/C14H18N2O2S2/c1-14(2,3)11-5-7-12(8-6-11)20(17,18)15-13-16(4)9-10-19-13/h5-10H,1-4H3. The number of hydrogen-bond donors (Lipinski definition) is 0. The van der Waals surface area contributed by atoms with E-state index in [0.29, 0.717) is 4.80 Å². The van der Waals surface area contributed by atoms with Crippen LogP contribution in [-0.4, -0.2) is 13.0 Å². The Morgan fingerprint density at radius 3 is 2.20 bits per heavy atom. The van der Waals surface area contributed by atoms with E-state index in [2.05, 4.69) is 25.2 Å². The third-order valence-electron chi connectivity index (χ3n) is 2.98. The van der Waals surface area contributed by atoms with Crippen LogP contribution in [0.2, 0.25) is 0 Å². The minimum atomic E-state index is -3.65. The first kappa shape index (κ1) is 15.0. The molecule has 0 radical (unpaired) electrons. The lowest BCUT2D eigenvalue weighted by Gasteiger charge is -2.18. The third kappa shape index (κ3) is 3.19. The highest BCUT2D eigenvalue weighted by molar-refractivity contribution is 7.90. The Hall–Kier alpha value is -1.40. The van der Waals surface area contributed by atoms with Crippen molar-refractivity contribution in [2.24, 2.45) is 11.4 Å². The van der Waals surface area contributed by atoms with Gasteiger partial charge in [-0.2, -0.15) is 8.42 Å². The summed E-state index contributed by atoms with van der Waals surface area (Å²) in [4.78, 5) is 0.684. The zero-order chi connectivity index (χ0) is 15.0. The maximum absolute atomic E-state index is 12.2. The fourth-order valence-electron chi connectivity index (χ4n) is 1.70. The van der Waals surface area contributed by atoms with Gasteiger partial charge in [-0.05, 0) is 23.1 Å². The Balaban J connectivity index is 2.44. The van der Waals surface area contributed by atoms with Crippen LogP contribution in [0.1, 0.15) is 26.3 Å². The molecule has 0 N–H and O–H groups in total. The van der Waals surface area contributed by atoms with E-state index in [1.165, 1.54) is 11.3 Å². The average Bonchev–Trinajstić information content (AvgIpc) is 2.73. The van der Waals surface area contributed by atoms with Crippen LogP contribution in [0.5, 0.6) is 0 Å². The summed E-state index contributed by atoms with van der Waals surface area (Å²) in [7, 11) is -1.88. The summed E-state index contributed by atoms with van der Waals surface area (Å²) in [5.74, 6) is 0. The summed E-state index contributed by atoms with van der Waals surface area (Å²) in [6, 6.07) is 6.92. The number of nitrogens with zero attached hydrogens (tertiary/aromatic N) is 2. The van der Waals surface area contributed by atoms with Crippen molar-refractivity contribution in [3.8, 4) is 0 Å². The zero-order valence-corrected chi connectivity index (χ0v) is 13.6. The van der Waals surface area contributed by atoms with Crippen molar-refractivity contribution in [3.05, 3.63) is 46.2 Å². The Labute approximate surface area is 123 Å². The number of aromatic nitrogens is 1. The average molecular weight is 310 g/mol. The fourth-order valence-corrected chi connectivity index (χ4v) is 3.68. The molecule has 0 aliphatic heterocycles. The molecule has 1 aromatic carbocycles. The molecule has 0 fully saturated rings. The van der Waals surface area contributed by atoms with Gasteiger partial charge in [-0.3, -0.25) is 0 Å². The highest BCUT2D eigenvalue weighted by Crippen LogP contribution is 2.23. The summed E-state index contributed by atoms with van der Waals surface area (Å²) in [5.41, 5.74) is 1.10. The lowest BCUT2D eigenvalue weighted by atomic mass is 9.87. The summed E-state index contributed by atoms with van der Waals surface area (Å²) >= 11 is 1.30. The van der Waals surface area contributed by atoms with E-state index in [1.807, 2.05) is 12.1 Å². The zero-order valence-electron chi connectivity index (χ0n) is 12.0. The van der Waals surface area contributed by atoms with E-state index >= 15 is 0 Å². The van der Waals surface area contributed by atoms with Gasteiger partial charge in [0.2, 0.25) is 4.80 Å². The molecule has 0 unspecified atom stereocenters. The monoisotopic (exact) mass is 310 g/mol. The normalized spacial score (nSPS) is 13.7. The molecule has 0 aliphatic carbocycles. The molecule has 6 heteroatoms. The number of benzene rings is 1. The topological polar surface area (TPSA) is 51.4 Å². The molecule has 0 amide bonds. The van der Waals surface area contributed by atoms with Crippen LogP contribution < -0.4 is 4.80 Å². The highest BCUT2D eigenvalue weighted by Gasteiger charge is 2.17. The van der Waals surface area contributed by atoms with Gasteiger partial charge in [0.1, 0.15) is 0 Å². The molecule has 1 heterocycles. The number of thiazole rings is 1. The summed E-state index contributed by atoms with van der Waals surface area (Å²) in [6.07, 6.45) is 1.78. The maximum atomic E-state index is 12.2. The number of sulfonamides is 1. The lowest BCUT2D eigenvalue weighted by Crippen LogP contribution is -2.14. The molecule has 108 valence electrons. The smallest absolute Gasteiger partial charge is 0.285 e. The quantitative estimate of drug-likeness (QED) is 0.856. The lowest BCUT2D eigenvalue weighted by molar-refractivity contribution is 0.586. The molecule has 20 heavy (non-hydrogen) atoms. The van der Waals surface area contributed by atoms with Crippen LogP contribution in [0.15, 0.2) is 45.1 Å². The molecule has 0 spiro atoms. The van der Waals surface area contributed by atoms with E-state index in [9.17, 15) is 8.42 Å². The van der Waals surface area contributed by atoms with Crippen LogP contribution in [0.25, 0.3) is 0 Å². The third-order valence-corrected chi connectivity index (χ3v) is 5.22. The van der Waals surface area contributed by atoms with Gasteiger partial charge in [0.05, 0.1) is 4.90 Å². The Morgan fingerprint density at radius 2 is 1.75 bits per heavy atom. The van der Waals surface area contributed by atoms with E-state index in [0.717, 1.165) is 5.56 Å². The van der Waals surface area contributed by atoms with Gasteiger partial charge in [0, 0.05) is 18.6 Å². The number of aryl methyl sites for hydroxylation is 1. The predicted octanol–water partition coefficient (Wildman–Crippen LogP) is 2.67. The molecular formula is C14H18N2O2S2. The van der Waals surface area contributed by atoms with Crippen LogP contribution >= 0.6 is 11.3 Å². The van der Waals surface area contributed by atoms with Crippen molar-refractivity contribution < 1.29 is 8.42 Å².